The summed E-state index contributed by atoms with van der Waals surface area (Å²) in [6.07, 6.45) is 0. The third kappa shape index (κ3) is 2.48. The van der Waals surface area contributed by atoms with Crippen LogP contribution in [0.5, 0.6) is 0 Å². The van der Waals surface area contributed by atoms with Crippen molar-refractivity contribution in [1.82, 2.24) is 19.9 Å². The Morgan fingerprint density at radius 1 is 1.28 bits per heavy atom. The lowest BCUT2D eigenvalue weighted by atomic mass is 10.3. The van der Waals surface area contributed by atoms with Gasteiger partial charge in [-0.15, -0.1) is 0 Å². The molecule has 18 heavy (non-hydrogen) atoms. The van der Waals surface area contributed by atoms with E-state index in [-0.39, 0.29) is 38.0 Å². The second-order valence-electron chi connectivity index (χ2n) is 3.97. The summed E-state index contributed by atoms with van der Waals surface area (Å²) in [6.45, 7) is 2.87. The van der Waals surface area contributed by atoms with Gasteiger partial charge in [0.05, 0.1) is 19.6 Å². The van der Waals surface area contributed by atoms with Gasteiger partial charge in [-0.1, -0.05) is 5.16 Å². The third-order valence-electron chi connectivity index (χ3n) is 2.76. The molecular weight excluding hydrogens is 238 g/mol. The van der Waals surface area contributed by atoms with E-state index in [1.807, 2.05) is 6.92 Å². The zero-order valence-electron chi connectivity index (χ0n) is 10.1. The molecule has 1 fully saturated rings. The fourth-order valence-corrected chi connectivity index (χ4v) is 1.74. The molecule has 0 unspecified atom stereocenters. The molecule has 8 heteroatoms. The second kappa shape index (κ2) is 5.13. The van der Waals surface area contributed by atoms with Crippen molar-refractivity contribution in [1.29, 1.82) is 0 Å². The van der Waals surface area contributed by atoms with Crippen molar-refractivity contribution < 1.29 is 14.1 Å². The fraction of sp³-hybridized carbons (Fsp3) is 0.600. The van der Waals surface area contributed by atoms with E-state index < -0.39 is 0 Å². The summed E-state index contributed by atoms with van der Waals surface area (Å²) >= 11 is 0. The number of aromatic nitrogens is 2. The molecular formula is C10H15N5O3. The van der Waals surface area contributed by atoms with Crippen LogP contribution < -0.4 is 5.73 Å². The van der Waals surface area contributed by atoms with Crippen LogP contribution in [0.2, 0.25) is 0 Å². The van der Waals surface area contributed by atoms with Crippen molar-refractivity contribution in [3.05, 3.63) is 11.7 Å². The van der Waals surface area contributed by atoms with Gasteiger partial charge in [0.15, 0.2) is 5.82 Å². The molecule has 1 aromatic heterocycles. The predicted molar refractivity (Wildman–Crippen MR) is 59.9 cm³/mol. The lowest BCUT2D eigenvalue weighted by Crippen LogP contribution is -2.53. The van der Waals surface area contributed by atoms with Gasteiger partial charge in [-0.25, -0.2) is 0 Å². The molecule has 0 bridgehead atoms. The highest BCUT2D eigenvalue weighted by Crippen LogP contribution is 2.08. The molecule has 1 aliphatic rings. The number of likely N-dealkylation sites (N-methyl/N-ethyl adjacent to an activating group) is 1. The van der Waals surface area contributed by atoms with E-state index in [1.54, 1.807) is 0 Å². The summed E-state index contributed by atoms with van der Waals surface area (Å²) in [4.78, 5) is 30.4. The number of piperazine rings is 1. The summed E-state index contributed by atoms with van der Waals surface area (Å²) in [5.74, 6) is 0.493. The average molecular weight is 253 g/mol. The summed E-state index contributed by atoms with van der Waals surface area (Å²) in [5.41, 5.74) is 5.34. The maximum Gasteiger partial charge on any atom is 0.243 e. The average Bonchev–Trinajstić information content (AvgIpc) is 2.81. The molecule has 2 N–H and O–H groups in total. The van der Waals surface area contributed by atoms with Crippen LogP contribution in [0.4, 0.5) is 0 Å². The van der Waals surface area contributed by atoms with E-state index in [1.165, 1.54) is 9.80 Å². The maximum absolute atomic E-state index is 11.8. The number of nitrogens with two attached hydrogens (primary N) is 1. The van der Waals surface area contributed by atoms with Crippen LogP contribution in [-0.2, 0) is 22.7 Å². The van der Waals surface area contributed by atoms with Gasteiger partial charge < -0.3 is 20.1 Å². The third-order valence-corrected chi connectivity index (χ3v) is 2.76. The zero-order valence-corrected chi connectivity index (χ0v) is 10.1. The van der Waals surface area contributed by atoms with Gasteiger partial charge in [-0.3, -0.25) is 9.59 Å². The molecule has 2 rings (SSSR count). The summed E-state index contributed by atoms with van der Waals surface area (Å²) < 4.78 is 4.84. The highest BCUT2D eigenvalue weighted by molar-refractivity contribution is 5.92. The van der Waals surface area contributed by atoms with Crippen molar-refractivity contribution in [3.8, 4) is 0 Å². The molecule has 0 radical (unpaired) electrons. The summed E-state index contributed by atoms with van der Waals surface area (Å²) in [6, 6.07) is 0. The monoisotopic (exact) mass is 253 g/mol. The minimum Gasteiger partial charge on any atom is -0.338 e. The molecule has 0 atom stereocenters. The second-order valence-corrected chi connectivity index (χ2v) is 3.97. The van der Waals surface area contributed by atoms with Crippen molar-refractivity contribution >= 4 is 11.8 Å². The van der Waals surface area contributed by atoms with Gasteiger partial charge in [0, 0.05) is 6.54 Å². The van der Waals surface area contributed by atoms with Crippen LogP contribution >= 0.6 is 0 Å². The van der Waals surface area contributed by atoms with Crippen LogP contribution in [-0.4, -0.2) is 51.4 Å². The molecule has 8 nitrogen and oxygen atoms in total. The van der Waals surface area contributed by atoms with Gasteiger partial charge in [0.2, 0.25) is 17.7 Å². The molecule has 2 amide bonds. The maximum atomic E-state index is 11.8. The Bertz CT molecular complexity index is 458. The van der Waals surface area contributed by atoms with E-state index in [4.69, 9.17) is 10.3 Å². The topological polar surface area (TPSA) is 106 Å². The van der Waals surface area contributed by atoms with Crippen LogP contribution in [0, 0.1) is 0 Å². The summed E-state index contributed by atoms with van der Waals surface area (Å²) in [5, 5.41) is 3.69. The molecule has 1 aromatic rings. The van der Waals surface area contributed by atoms with Crippen LogP contribution in [0.3, 0.4) is 0 Å². The van der Waals surface area contributed by atoms with Gasteiger partial charge >= 0.3 is 0 Å². The predicted octanol–water partition coefficient (Wildman–Crippen LogP) is -1.28. The Kier molecular flexibility index (Phi) is 3.56. The van der Waals surface area contributed by atoms with Gasteiger partial charge in [0.1, 0.15) is 6.54 Å². The molecule has 2 heterocycles. The zero-order chi connectivity index (χ0) is 13.1. The number of carbonyl (C=O) groups excluding carboxylic acids is 2. The van der Waals surface area contributed by atoms with Crippen LogP contribution in [0.15, 0.2) is 4.52 Å². The first-order valence-corrected chi connectivity index (χ1v) is 5.71. The van der Waals surface area contributed by atoms with Crippen molar-refractivity contribution in [3.63, 3.8) is 0 Å². The van der Waals surface area contributed by atoms with Gasteiger partial charge in [0.25, 0.3) is 0 Å². The van der Waals surface area contributed by atoms with Gasteiger partial charge in [-0.05, 0) is 6.92 Å². The Balaban J connectivity index is 2.01. The van der Waals surface area contributed by atoms with Crippen LogP contribution in [0.1, 0.15) is 18.6 Å². The molecule has 1 aliphatic heterocycles. The molecule has 1 saturated heterocycles. The van der Waals surface area contributed by atoms with Gasteiger partial charge in [-0.2, -0.15) is 4.98 Å². The molecule has 0 aliphatic carbocycles. The number of rotatable bonds is 4. The first-order valence-electron chi connectivity index (χ1n) is 5.71. The highest BCUT2D eigenvalue weighted by atomic mass is 16.5. The van der Waals surface area contributed by atoms with E-state index in [0.29, 0.717) is 18.3 Å². The lowest BCUT2D eigenvalue weighted by Gasteiger charge is -2.32. The number of nitrogens with zero attached hydrogens (tertiary/aromatic N) is 4. The Morgan fingerprint density at radius 3 is 2.56 bits per heavy atom. The standard InChI is InChI=1S/C10H15N5O3/c1-2-14-5-10(17)15(6-9(14)16)4-7-12-8(3-11)18-13-7/h2-6,11H2,1H3. The summed E-state index contributed by atoms with van der Waals surface area (Å²) in [7, 11) is 0. The molecule has 0 saturated carbocycles. The Hall–Kier alpha value is -1.96. The minimum absolute atomic E-state index is 0.0547. The molecule has 98 valence electrons. The number of carbonyl (C=O) groups is 2. The van der Waals surface area contributed by atoms with Crippen LogP contribution in [0.25, 0.3) is 0 Å². The van der Waals surface area contributed by atoms with Crippen molar-refractivity contribution in [2.45, 2.75) is 20.0 Å². The Labute approximate surface area is 104 Å². The quantitative estimate of drug-likeness (QED) is 0.716. The largest absolute Gasteiger partial charge is 0.338 e. The normalized spacial score (nSPS) is 16.6. The van der Waals surface area contributed by atoms with Crippen molar-refractivity contribution in [2.24, 2.45) is 5.73 Å². The van der Waals surface area contributed by atoms with E-state index in [0.717, 1.165) is 0 Å². The number of hydrogen-bond donors (Lipinski definition) is 1. The Morgan fingerprint density at radius 2 is 1.94 bits per heavy atom. The van der Waals surface area contributed by atoms with E-state index >= 15 is 0 Å². The number of hydrogen-bond acceptors (Lipinski definition) is 6. The first-order chi connectivity index (χ1) is 8.63. The van der Waals surface area contributed by atoms with Crippen molar-refractivity contribution in [2.75, 3.05) is 19.6 Å². The molecule has 0 aromatic carbocycles. The smallest absolute Gasteiger partial charge is 0.243 e. The first kappa shape index (κ1) is 12.5. The SMILES string of the molecule is CCN1CC(=O)N(Cc2noc(CN)n2)CC1=O. The lowest BCUT2D eigenvalue weighted by molar-refractivity contribution is -0.150. The fourth-order valence-electron chi connectivity index (χ4n) is 1.74. The van der Waals surface area contributed by atoms with E-state index in [2.05, 4.69) is 10.1 Å². The van der Waals surface area contributed by atoms with E-state index in [9.17, 15) is 9.59 Å². The molecule has 0 spiro atoms. The number of amides is 2. The minimum atomic E-state index is -0.115. The highest BCUT2D eigenvalue weighted by Gasteiger charge is 2.29.